The van der Waals surface area contributed by atoms with E-state index in [1.807, 2.05) is 36.1 Å². The van der Waals surface area contributed by atoms with Crippen LogP contribution in [-0.4, -0.2) is 22.9 Å². The fraction of sp³-hybridized carbons (Fsp3) is 0.375. The number of aryl methyl sites for hydroxylation is 1. The molecule has 2 aromatic rings. The summed E-state index contributed by atoms with van der Waals surface area (Å²) in [5.41, 5.74) is 3.87. The molecule has 1 unspecified atom stereocenters. The Labute approximate surface area is 123 Å². The molecule has 21 heavy (non-hydrogen) atoms. The van der Waals surface area contributed by atoms with E-state index in [2.05, 4.69) is 10.4 Å². The second kappa shape index (κ2) is 5.60. The number of carbonyl (C=O) groups is 1. The molecular formula is C16H19N3O2. The number of benzene rings is 1. The Morgan fingerprint density at radius 2 is 2.24 bits per heavy atom. The molecule has 0 aliphatic heterocycles. The van der Waals surface area contributed by atoms with Crippen molar-refractivity contribution in [2.24, 2.45) is 7.05 Å². The predicted octanol–water partition coefficient (Wildman–Crippen LogP) is 2.70. The zero-order valence-corrected chi connectivity index (χ0v) is 12.3. The second-order valence-electron chi connectivity index (χ2n) is 5.30. The summed E-state index contributed by atoms with van der Waals surface area (Å²) in [6, 6.07) is 7.64. The first kappa shape index (κ1) is 13.7. The molecule has 1 aliphatic rings. The van der Waals surface area contributed by atoms with Crippen molar-refractivity contribution in [3.05, 3.63) is 47.3 Å². The van der Waals surface area contributed by atoms with E-state index in [1.54, 1.807) is 6.07 Å². The first-order valence-electron chi connectivity index (χ1n) is 7.15. The number of aromatic nitrogens is 2. The van der Waals surface area contributed by atoms with Gasteiger partial charge in [-0.3, -0.25) is 4.68 Å². The van der Waals surface area contributed by atoms with Gasteiger partial charge in [0.15, 0.2) is 0 Å². The lowest BCUT2D eigenvalue weighted by molar-refractivity contribution is 0.0602. The number of hydrogen-bond acceptors (Lipinski definition) is 4. The Balaban J connectivity index is 1.90. The van der Waals surface area contributed by atoms with Crippen molar-refractivity contribution >= 4 is 11.7 Å². The van der Waals surface area contributed by atoms with Gasteiger partial charge in [0.2, 0.25) is 0 Å². The van der Waals surface area contributed by atoms with E-state index in [4.69, 9.17) is 4.74 Å². The van der Waals surface area contributed by atoms with Crippen molar-refractivity contribution in [1.82, 2.24) is 9.78 Å². The fourth-order valence-corrected chi connectivity index (χ4v) is 2.94. The number of nitrogens with one attached hydrogen (secondary N) is 1. The molecule has 5 heteroatoms. The van der Waals surface area contributed by atoms with Crippen molar-refractivity contribution in [2.75, 3.05) is 12.4 Å². The molecule has 0 fully saturated rings. The summed E-state index contributed by atoms with van der Waals surface area (Å²) < 4.78 is 6.78. The number of fused-ring (bicyclic) bond motifs is 1. The van der Waals surface area contributed by atoms with Gasteiger partial charge in [0.05, 0.1) is 24.9 Å². The molecule has 0 spiro atoms. The van der Waals surface area contributed by atoms with Crippen LogP contribution in [0.1, 0.15) is 40.5 Å². The zero-order valence-electron chi connectivity index (χ0n) is 12.3. The fourth-order valence-electron chi connectivity index (χ4n) is 2.94. The number of anilines is 1. The van der Waals surface area contributed by atoms with E-state index in [-0.39, 0.29) is 12.0 Å². The molecule has 1 aliphatic carbocycles. The summed E-state index contributed by atoms with van der Waals surface area (Å²) in [5.74, 6) is -0.319. The molecule has 0 saturated heterocycles. The van der Waals surface area contributed by atoms with Gasteiger partial charge >= 0.3 is 5.97 Å². The number of carbonyl (C=O) groups excluding carboxylic acids is 1. The van der Waals surface area contributed by atoms with Crippen molar-refractivity contribution in [1.29, 1.82) is 0 Å². The third-order valence-corrected chi connectivity index (χ3v) is 4.04. The number of nitrogens with zero attached hydrogens (tertiary/aromatic N) is 2. The van der Waals surface area contributed by atoms with Crippen LogP contribution in [0.4, 0.5) is 5.69 Å². The lowest BCUT2D eigenvalue weighted by Gasteiger charge is -2.25. The maximum Gasteiger partial charge on any atom is 0.339 e. The highest BCUT2D eigenvalue weighted by atomic mass is 16.5. The average Bonchev–Trinajstić information content (AvgIpc) is 2.90. The first-order valence-corrected chi connectivity index (χ1v) is 7.15. The summed E-state index contributed by atoms with van der Waals surface area (Å²) in [7, 11) is 3.38. The third kappa shape index (κ3) is 2.51. The lowest BCUT2D eigenvalue weighted by Crippen LogP contribution is -2.19. The Morgan fingerprint density at radius 1 is 1.43 bits per heavy atom. The van der Waals surface area contributed by atoms with Gasteiger partial charge in [-0.2, -0.15) is 5.10 Å². The van der Waals surface area contributed by atoms with Gasteiger partial charge in [0.25, 0.3) is 0 Å². The van der Waals surface area contributed by atoms with E-state index in [0.717, 1.165) is 24.9 Å². The molecular weight excluding hydrogens is 266 g/mol. The minimum absolute atomic E-state index is 0.188. The topological polar surface area (TPSA) is 56.1 Å². The maximum atomic E-state index is 11.8. The zero-order chi connectivity index (χ0) is 14.8. The number of methoxy groups -OCH3 is 1. The number of rotatable bonds is 3. The summed E-state index contributed by atoms with van der Waals surface area (Å²) in [4.78, 5) is 11.8. The normalized spacial score (nSPS) is 17.1. The van der Waals surface area contributed by atoms with E-state index < -0.39 is 0 Å². The van der Waals surface area contributed by atoms with Crippen LogP contribution in [0.15, 0.2) is 30.5 Å². The summed E-state index contributed by atoms with van der Waals surface area (Å²) in [6.45, 7) is 0. The van der Waals surface area contributed by atoms with Gasteiger partial charge in [-0.15, -0.1) is 0 Å². The van der Waals surface area contributed by atoms with Gasteiger partial charge in [0.1, 0.15) is 0 Å². The smallest absolute Gasteiger partial charge is 0.339 e. The van der Waals surface area contributed by atoms with Gasteiger partial charge in [-0.1, -0.05) is 12.1 Å². The minimum atomic E-state index is -0.319. The summed E-state index contributed by atoms with van der Waals surface area (Å²) >= 11 is 0. The maximum absolute atomic E-state index is 11.8. The quantitative estimate of drug-likeness (QED) is 0.881. The Kier molecular flexibility index (Phi) is 3.64. The molecule has 1 N–H and O–H groups in total. The highest BCUT2D eigenvalue weighted by Gasteiger charge is 2.24. The van der Waals surface area contributed by atoms with E-state index in [1.165, 1.54) is 18.4 Å². The molecule has 0 amide bonds. The minimum Gasteiger partial charge on any atom is -0.465 e. The molecule has 1 atom stereocenters. The molecule has 0 bridgehead atoms. The van der Waals surface area contributed by atoms with Crippen LogP contribution in [0.2, 0.25) is 0 Å². The van der Waals surface area contributed by atoms with Gasteiger partial charge < -0.3 is 10.1 Å². The van der Waals surface area contributed by atoms with E-state index in [0.29, 0.717) is 5.56 Å². The Morgan fingerprint density at radius 3 is 3.05 bits per heavy atom. The van der Waals surface area contributed by atoms with Crippen molar-refractivity contribution < 1.29 is 9.53 Å². The largest absolute Gasteiger partial charge is 0.465 e. The monoisotopic (exact) mass is 285 g/mol. The predicted molar refractivity (Wildman–Crippen MR) is 80.3 cm³/mol. The second-order valence-corrected chi connectivity index (χ2v) is 5.30. The van der Waals surface area contributed by atoms with Crippen LogP contribution in [0, 0.1) is 0 Å². The van der Waals surface area contributed by atoms with Gasteiger partial charge in [-0.05, 0) is 31.4 Å². The molecule has 1 aromatic carbocycles. The molecule has 5 nitrogen and oxygen atoms in total. The molecule has 1 aromatic heterocycles. The van der Waals surface area contributed by atoms with E-state index in [9.17, 15) is 4.79 Å². The van der Waals surface area contributed by atoms with Crippen LogP contribution in [0.3, 0.4) is 0 Å². The van der Waals surface area contributed by atoms with Gasteiger partial charge in [0, 0.05) is 24.0 Å². The third-order valence-electron chi connectivity index (χ3n) is 4.04. The van der Waals surface area contributed by atoms with Crippen molar-refractivity contribution in [3.63, 3.8) is 0 Å². The lowest BCUT2D eigenvalue weighted by atomic mass is 9.92. The Hall–Kier alpha value is -2.30. The van der Waals surface area contributed by atoms with Crippen molar-refractivity contribution in [3.8, 4) is 0 Å². The van der Waals surface area contributed by atoms with Crippen LogP contribution in [-0.2, 0) is 18.2 Å². The van der Waals surface area contributed by atoms with E-state index >= 15 is 0 Å². The summed E-state index contributed by atoms with van der Waals surface area (Å²) in [6.07, 6.45) is 5.13. The molecule has 110 valence electrons. The highest BCUT2D eigenvalue weighted by Crippen LogP contribution is 2.33. The molecule has 1 heterocycles. The standard InChI is InChI=1S/C16H19N3O2/c1-19-15-9-5-8-14(12(15)10-17-19)18-13-7-4-3-6-11(13)16(20)21-2/h3-4,6-7,10,14,18H,5,8-9H2,1-2H3. The summed E-state index contributed by atoms with van der Waals surface area (Å²) in [5, 5.41) is 7.83. The van der Waals surface area contributed by atoms with Crippen LogP contribution in [0.25, 0.3) is 0 Å². The average molecular weight is 285 g/mol. The highest BCUT2D eigenvalue weighted by molar-refractivity contribution is 5.95. The van der Waals surface area contributed by atoms with Crippen LogP contribution >= 0.6 is 0 Å². The number of ether oxygens (including phenoxy) is 1. The SMILES string of the molecule is COC(=O)c1ccccc1NC1CCCc2c1cnn2C. The van der Waals surface area contributed by atoms with Crippen LogP contribution in [0.5, 0.6) is 0 Å². The molecule has 0 radical (unpaired) electrons. The number of esters is 1. The van der Waals surface area contributed by atoms with Gasteiger partial charge in [-0.25, -0.2) is 4.79 Å². The molecule has 3 rings (SSSR count). The first-order chi connectivity index (χ1) is 10.2. The van der Waals surface area contributed by atoms with Crippen molar-refractivity contribution in [2.45, 2.75) is 25.3 Å². The molecule has 0 saturated carbocycles. The Bertz CT molecular complexity index is 663. The number of hydrogen-bond donors (Lipinski definition) is 1. The number of para-hydroxylation sites is 1. The van der Waals surface area contributed by atoms with Crippen LogP contribution < -0.4 is 5.32 Å².